The summed E-state index contributed by atoms with van der Waals surface area (Å²) in [6.45, 7) is 32.2. The van der Waals surface area contributed by atoms with Crippen LogP contribution in [0.25, 0.3) is 0 Å². The highest BCUT2D eigenvalue weighted by molar-refractivity contribution is 6.99. The van der Waals surface area contributed by atoms with E-state index in [4.69, 9.17) is 27.5 Å². The third-order valence-electron chi connectivity index (χ3n) is 14.0. The summed E-state index contributed by atoms with van der Waals surface area (Å²) in [5.41, 5.74) is 0.315. The van der Waals surface area contributed by atoms with E-state index in [-0.39, 0.29) is 23.0 Å². The Hall–Kier alpha value is -2.96. The van der Waals surface area contributed by atoms with Crippen molar-refractivity contribution in [2.75, 3.05) is 26.9 Å². The first-order chi connectivity index (χ1) is 31.0. The molecular weight excluding hydrogens is 857 g/mol. The Morgan fingerprint density at radius 1 is 0.692 bits per heavy atom. The van der Waals surface area contributed by atoms with E-state index in [1.807, 2.05) is 25.1 Å². The van der Waals surface area contributed by atoms with Gasteiger partial charge in [0, 0.05) is 20.3 Å². The van der Waals surface area contributed by atoms with Gasteiger partial charge in [-0.2, -0.15) is 0 Å². The zero-order chi connectivity index (χ0) is 48.2. The fourth-order valence-corrected chi connectivity index (χ4v) is 19.7. The van der Waals surface area contributed by atoms with Crippen LogP contribution in [0.4, 0.5) is 0 Å². The Labute approximate surface area is 399 Å². The summed E-state index contributed by atoms with van der Waals surface area (Å²) in [6.07, 6.45) is 1.28. The minimum Gasteiger partial charge on any atom is -0.413 e. The third kappa shape index (κ3) is 15.3. The monoisotopic (exact) mass is 943 g/mol. The molecule has 0 fully saturated rings. The number of Topliss-reactive ketones (excluding diaryl/α,β-unsaturated/α-hetero) is 1. The molecule has 10 heteroatoms. The number of benzene rings is 3. The largest absolute Gasteiger partial charge is 0.413 e. The van der Waals surface area contributed by atoms with Gasteiger partial charge in [0.15, 0.2) is 16.6 Å². The summed E-state index contributed by atoms with van der Waals surface area (Å²) in [5, 5.41) is 2.29. The maximum absolute atomic E-state index is 14.6. The molecule has 3 aromatic rings. The maximum Gasteiger partial charge on any atom is 0.261 e. The fraction of sp³-hybridized carbons (Fsp3) is 0.582. The van der Waals surface area contributed by atoms with Gasteiger partial charge in [-0.25, -0.2) is 0 Å². The van der Waals surface area contributed by atoms with E-state index in [0.29, 0.717) is 39.3 Å². The minimum atomic E-state index is -2.81. The Bertz CT molecular complexity index is 1810. The Morgan fingerprint density at radius 3 is 1.63 bits per heavy atom. The molecule has 0 bridgehead atoms. The van der Waals surface area contributed by atoms with Gasteiger partial charge < -0.3 is 27.5 Å². The number of ketones is 1. The summed E-state index contributed by atoms with van der Waals surface area (Å²) in [6, 6.07) is 37.5. The van der Waals surface area contributed by atoms with Crippen molar-refractivity contribution in [3.8, 4) is 11.8 Å². The van der Waals surface area contributed by atoms with Crippen LogP contribution in [0.2, 0.25) is 41.3 Å². The first-order valence-electron chi connectivity index (χ1n) is 24.6. The van der Waals surface area contributed by atoms with Gasteiger partial charge in [-0.15, -0.1) is 6.58 Å². The normalized spacial score (nSPS) is 15.0. The van der Waals surface area contributed by atoms with Crippen molar-refractivity contribution in [3.63, 3.8) is 0 Å². The number of methoxy groups -OCH3 is 1. The molecule has 0 heterocycles. The van der Waals surface area contributed by atoms with Gasteiger partial charge in [0.05, 0.1) is 42.9 Å². The molecule has 7 nitrogen and oxygen atoms in total. The lowest BCUT2D eigenvalue weighted by atomic mass is 9.81. The maximum atomic E-state index is 14.6. The second kappa shape index (κ2) is 27.1. The standard InChI is InChI=1S/C55H86O7Si3/c1-15-41-59-53(52(62-64(19-5,20-6)21-7)51(57-14)38-42-58-44-46-31-25-22-26-32-46)55(12,13)40-37-49(56)45(8)50(61-63(16-2,17-3)18-4)39-43-60-65(54(9,10)11,47-33-27-23-28-34-47)48-35-29-24-30-36-48/h15,22-36,45,50-53H,1,16-21,38-39,41-44H2,2-14H3/t45-,50-,51-,52+,53-/m0/s1. The van der Waals surface area contributed by atoms with E-state index in [0.717, 1.165) is 41.8 Å². The van der Waals surface area contributed by atoms with E-state index in [1.165, 1.54) is 10.4 Å². The van der Waals surface area contributed by atoms with Crippen molar-refractivity contribution >= 4 is 41.1 Å². The fourth-order valence-electron chi connectivity index (χ4n) is 9.29. The summed E-state index contributed by atoms with van der Waals surface area (Å²) < 4.78 is 41.2. The van der Waals surface area contributed by atoms with E-state index in [2.05, 4.69) is 167 Å². The zero-order valence-corrected chi connectivity index (χ0v) is 45.7. The highest BCUT2D eigenvalue weighted by Crippen LogP contribution is 2.38. The molecule has 3 rings (SSSR count). The molecule has 65 heavy (non-hydrogen) atoms. The minimum absolute atomic E-state index is 0.142. The molecule has 0 saturated carbocycles. The Kier molecular flexibility index (Phi) is 23.5. The second-order valence-electron chi connectivity index (χ2n) is 19.3. The predicted molar refractivity (Wildman–Crippen MR) is 280 cm³/mol. The highest BCUT2D eigenvalue weighted by atomic mass is 28.4. The molecule has 0 amide bonds. The first-order valence-corrected chi connectivity index (χ1v) is 31.5. The number of ether oxygens (including phenoxy) is 3. The molecule has 0 unspecified atom stereocenters. The van der Waals surface area contributed by atoms with Crippen molar-refractivity contribution in [1.82, 2.24) is 0 Å². The van der Waals surface area contributed by atoms with Gasteiger partial charge in [-0.3, -0.25) is 4.79 Å². The van der Waals surface area contributed by atoms with Crippen molar-refractivity contribution in [2.24, 2.45) is 11.3 Å². The number of rotatable bonds is 30. The van der Waals surface area contributed by atoms with Crippen LogP contribution in [-0.4, -0.2) is 82.1 Å². The number of carbonyl (C=O) groups excluding carboxylic acids is 1. The van der Waals surface area contributed by atoms with Gasteiger partial charge in [0.2, 0.25) is 5.78 Å². The lowest BCUT2D eigenvalue weighted by Gasteiger charge is -2.44. The first kappa shape index (κ1) is 56.4. The number of hydrogen-bond acceptors (Lipinski definition) is 7. The average Bonchev–Trinajstić information content (AvgIpc) is 3.32. The van der Waals surface area contributed by atoms with E-state index in [9.17, 15) is 4.79 Å². The molecule has 5 atom stereocenters. The number of hydrogen-bond donors (Lipinski definition) is 0. The third-order valence-corrected chi connectivity index (χ3v) is 28.4. The van der Waals surface area contributed by atoms with Crippen LogP contribution >= 0.6 is 0 Å². The van der Waals surface area contributed by atoms with Crippen LogP contribution < -0.4 is 10.4 Å². The topological polar surface area (TPSA) is 72.5 Å². The molecule has 0 aliphatic carbocycles. The van der Waals surface area contributed by atoms with E-state index in [1.54, 1.807) is 13.2 Å². The van der Waals surface area contributed by atoms with Crippen molar-refractivity contribution in [3.05, 3.63) is 109 Å². The molecule has 0 N–H and O–H groups in total. The summed E-state index contributed by atoms with van der Waals surface area (Å²) in [7, 11) is -5.42. The molecular formula is C55H86O7Si3. The van der Waals surface area contributed by atoms with Gasteiger partial charge in [0.25, 0.3) is 8.32 Å². The lowest BCUT2D eigenvalue weighted by Crippen LogP contribution is -2.66. The molecule has 0 aliphatic rings. The molecule has 0 aliphatic heterocycles. The molecule has 3 aromatic carbocycles. The van der Waals surface area contributed by atoms with Gasteiger partial charge in [-0.1, -0.05) is 172 Å². The van der Waals surface area contributed by atoms with Crippen LogP contribution in [0.1, 0.15) is 101 Å². The quantitative estimate of drug-likeness (QED) is 0.0217. The number of carbonyl (C=O) groups is 1. The van der Waals surface area contributed by atoms with Crippen LogP contribution in [0.15, 0.2) is 104 Å². The molecule has 0 aromatic heterocycles. The smallest absolute Gasteiger partial charge is 0.261 e. The van der Waals surface area contributed by atoms with Crippen molar-refractivity contribution < 1.29 is 32.3 Å². The lowest BCUT2D eigenvalue weighted by molar-refractivity contribution is -0.123. The van der Waals surface area contributed by atoms with Crippen LogP contribution in [0.5, 0.6) is 0 Å². The van der Waals surface area contributed by atoms with E-state index < -0.39 is 48.5 Å². The molecule has 360 valence electrons. The van der Waals surface area contributed by atoms with E-state index >= 15 is 0 Å². The molecule has 0 saturated heterocycles. The predicted octanol–water partition coefficient (Wildman–Crippen LogP) is 12.2. The molecule has 0 radical (unpaired) electrons. The molecule has 0 spiro atoms. The SMILES string of the molecule is C=CCO[C@@H]([C@H](O[Si](CC)(CC)CC)[C@H](CCOCc1ccccc1)OC)C(C)(C)C#CC(=O)[C@H](C)[C@H](CCO[Si](c1ccccc1)(c1ccccc1)C(C)(C)C)O[Si](CC)(CC)CC. The van der Waals surface area contributed by atoms with Gasteiger partial charge >= 0.3 is 0 Å². The van der Waals surface area contributed by atoms with Crippen LogP contribution in [0, 0.1) is 23.2 Å². The van der Waals surface area contributed by atoms with Crippen LogP contribution in [0.3, 0.4) is 0 Å². The summed E-state index contributed by atoms with van der Waals surface area (Å²) in [5.74, 6) is 6.01. The zero-order valence-electron chi connectivity index (χ0n) is 42.7. The second-order valence-corrected chi connectivity index (χ2v) is 33.0. The summed E-state index contributed by atoms with van der Waals surface area (Å²) >= 11 is 0. The average molecular weight is 944 g/mol. The van der Waals surface area contributed by atoms with Crippen molar-refractivity contribution in [2.45, 2.75) is 168 Å². The van der Waals surface area contributed by atoms with Crippen molar-refractivity contribution in [1.29, 1.82) is 0 Å². The van der Waals surface area contributed by atoms with Gasteiger partial charge in [0.1, 0.15) is 6.10 Å². The Morgan fingerprint density at radius 2 is 1.17 bits per heavy atom. The summed E-state index contributed by atoms with van der Waals surface area (Å²) in [4.78, 5) is 14.6. The highest BCUT2D eigenvalue weighted by Gasteiger charge is 2.50. The Balaban J connectivity index is 2.03. The van der Waals surface area contributed by atoms with Crippen LogP contribution in [-0.2, 0) is 38.9 Å². The van der Waals surface area contributed by atoms with Gasteiger partial charge in [-0.05, 0) is 89.8 Å².